The summed E-state index contributed by atoms with van der Waals surface area (Å²) in [5.41, 5.74) is 0.793. The Balaban J connectivity index is 1.63. The normalized spacial score (nSPS) is 17.5. The molecule has 22 heavy (non-hydrogen) atoms. The summed E-state index contributed by atoms with van der Waals surface area (Å²) in [6.07, 6.45) is 1.87. The molecule has 1 amide bonds. The number of hydrogen-bond donors (Lipinski definition) is 0. The molecule has 3 heterocycles. The van der Waals surface area contributed by atoms with Gasteiger partial charge >= 0.3 is 5.63 Å². The fourth-order valence-corrected chi connectivity index (χ4v) is 2.43. The summed E-state index contributed by atoms with van der Waals surface area (Å²) in [7, 11) is 0. The van der Waals surface area contributed by atoms with E-state index in [4.69, 9.17) is 9.15 Å². The summed E-state index contributed by atoms with van der Waals surface area (Å²) in [5.74, 6) is 0.414. The number of carbonyl (C=O) groups is 1. The van der Waals surface area contributed by atoms with Gasteiger partial charge in [-0.3, -0.25) is 4.79 Å². The van der Waals surface area contributed by atoms with Crippen LogP contribution in [0.1, 0.15) is 22.5 Å². The lowest BCUT2D eigenvalue weighted by Gasteiger charge is -2.16. The molecule has 0 saturated carbocycles. The number of nitrogens with zero attached hydrogens (tertiary/aromatic N) is 2. The van der Waals surface area contributed by atoms with Gasteiger partial charge in [0.05, 0.1) is 12.1 Å². The fraction of sp³-hybridized carbons (Fsp3) is 0.312. The molecule has 1 aliphatic rings. The van der Waals surface area contributed by atoms with E-state index in [0.717, 1.165) is 12.1 Å². The first kappa shape index (κ1) is 14.3. The fourth-order valence-electron chi connectivity index (χ4n) is 2.43. The number of likely N-dealkylation sites (tertiary alicyclic amines) is 1. The van der Waals surface area contributed by atoms with Crippen molar-refractivity contribution in [1.82, 2.24) is 9.88 Å². The lowest BCUT2D eigenvalue weighted by atomic mass is 10.2. The van der Waals surface area contributed by atoms with Crippen LogP contribution < -0.4 is 10.4 Å². The van der Waals surface area contributed by atoms with Crippen LogP contribution in [-0.2, 0) is 0 Å². The van der Waals surface area contributed by atoms with Gasteiger partial charge in [-0.25, -0.2) is 9.78 Å². The van der Waals surface area contributed by atoms with E-state index in [9.17, 15) is 9.59 Å². The molecule has 0 bridgehead atoms. The smallest absolute Gasteiger partial charge is 0.335 e. The summed E-state index contributed by atoms with van der Waals surface area (Å²) in [4.78, 5) is 29.2. The molecule has 2 aromatic rings. The van der Waals surface area contributed by atoms with Gasteiger partial charge in [0.15, 0.2) is 0 Å². The summed E-state index contributed by atoms with van der Waals surface area (Å²) in [5, 5.41) is 0. The third-order valence-corrected chi connectivity index (χ3v) is 3.53. The standard InChI is InChI=1S/C16H16N2O4/c1-11-3-2-4-14(17-11)22-13-7-8-18(9-13)16(20)12-5-6-15(19)21-10-12/h2-6,10,13H,7-9H2,1H3. The maximum absolute atomic E-state index is 12.3. The van der Waals surface area contributed by atoms with Gasteiger partial charge in [-0.1, -0.05) is 6.07 Å². The molecule has 6 nitrogen and oxygen atoms in total. The van der Waals surface area contributed by atoms with Crippen LogP contribution in [0.25, 0.3) is 0 Å². The monoisotopic (exact) mass is 300 g/mol. The predicted octanol–water partition coefficient (Wildman–Crippen LogP) is 1.64. The SMILES string of the molecule is Cc1cccc(OC2CCN(C(=O)c3ccc(=O)oc3)C2)n1. The third-order valence-electron chi connectivity index (χ3n) is 3.53. The lowest BCUT2D eigenvalue weighted by Crippen LogP contribution is -2.31. The Bertz CT molecular complexity index is 720. The highest BCUT2D eigenvalue weighted by Gasteiger charge is 2.28. The van der Waals surface area contributed by atoms with Gasteiger partial charge < -0.3 is 14.1 Å². The Morgan fingerprint density at radius 3 is 2.95 bits per heavy atom. The van der Waals surface area contributed by atoms with Crippen molar-refractivity contribution >= 4 is 5.91 Å². The van der Waals surface area contributed by atoms with Crippen molar-refractivity contribution < 1.29 is 13.9 Å². The van der Waals surface area contributed by atoms with Crippen LogP contribution >= 0.6 is 0 Å². The highest BCUT2D eigenvalue weighted by Crippen LogP contribution is 2.18. The predicted molar refractivity (Wildman–Crippen MR) is 78.9 cm³/mol. The van der Waals surface area contributed by atoms with Crippen LogP contribution in [0.2, 0.25) is 0 Å². The second kappa shape index (κ2) is 6.01. The number of amides is 1. The highest BCUT2D eigenvalue weighted by atomic mass is 16.5. The van der Waals surface area contributed by atoms with Crippen molar-refractivity contribution in [2.24, 2.45) is 0 Å². The maximum atomic E-state index is 12.3. The molecule has 1 fully saturated rings. The quantitative estimate of drug-likeness (QED) is 0.861. The number of hydrogen-bond acceptors (Lipinski definition) is 5. The molecular formula is C16H16N2O4. The maximum Gasteiger partial charge on any atom is 0.335 e. The van der Waals surface area contributed by atoms with Gasteiger partial charge in [-0.15, -0.1) is 0 Å². The molecule has 0 aliphatic carbocycles. The molecule has 3 rings (SSSR count). The van der Waals surface area contributed by atoms with E-state index in [1.165, 1.54) is 18.4 Å². The van der Waals surface area contributed by atoms with E-state index in [2.05, 4.69) is 4.98 Å². The zero-order valence-corrected chi connectivity index (χ0v) is 12.2. The van der Waals surface area contributed by atoms with Gasteiger partial charge in [-0.2, -0.15) is 0 Å². The van der Waals surface area contributed by atoms with Gasteiger partial charge in [0.1, 0.15) is 12.4 Å². The van der Waals surface area contributed by atoms with E-state index >= 15 is 0 Å². The lowest BCUT2D eigenvalue weighted by molar-refractivity contribution is 0.0768. The number of aromatic nitrogens is 1. The molecule has 114 valence electrons. The summed E-state index contributed by atoms with van der Waals surface area (Å²) in [6, 6.07) is 8.32. The molecule has 0 radical (unpaired) electrons. The molecule has 1 aliphatic heterocycles. The number of pyridine rings is 1. The molecule has 1 unspecified atom stereocenters. The minimum absolute atomic E-state index is 0.0750. The Hall–Kier alpha value is -2.63. The molecule has 0 aromatic carbocycles. The molecular weight excluding hydrogens is 284 g/mol. The Morgan fingerprint density at radius 1 is 1.36 bits per heavy atom. The average Bonchev–Trinajstić information content (AvgIpc) is 2.96. The zero-order valence-electron chi connectivity index (χ0n) is 12.2. The van der Waals surface area contributed by atoms with Crippen molar-refractivity contribution in [2.75, 3.05) is 13.1 Å². The average molecular weight is 300 g/mol. The van der Waals surface area contributed by atoms with Crippen molar-refractivity contribution in [2.45, 2.75) is 19.4 Å². The zero-order chi connectivity index (χ0) is 15.5. The molecule has 6 heteroatoms. The summed E-state index contributed by atoms with van der Waals surface area (Å²) in [6.45, 7) is 3.00. The van der Waals surface area contributed by atoms with Crippen molar-refractivity contribution in [3.63, 3.8) is 0 Å². The molecule has 2 aromatic heterocycles. The molecule has 0 spiro atoms. The van der Waals surface area contributed by atoms with Crippen molar-refractivity contribution in [3.8, 4) is 5.88 Å². The van der Waals surface area contributed by atoms with Crippen LogP contribution in [0.3, 0.4) is 0 Å². The topological polar surface area (TPSA) is 72.6 Å². The second-order valence-corrected chi connectivity index (χ2v) is 5.24. The first-order chi connectivity index (χ1) is 10.6. The minimum Gasteiger partial charge on any atom is -0.472 e. The van der Waals surface area contributed by atoms with Crippen LogP contribution in [-0.4, -0.2) is 35.0 Å². The van der Waals surface area contributed by atoms with Gasteiger partial charge in [0.2, 0.25) is 5.88 Å². The first-order valence-electron chi connectivity index (χ1n) is 7.10. The van der Waals surface area contributed by atoms with E-state index in [-0.39, 0.29) is 12.0 Å². The van der Waals surface area contributed by atoms with Crippen molar-refractivity contribution in [1.29, 1.82) is 0 Å². The number of aryl methyl sites for hydroxylation is 1. The summed E-state index contributed by atoms with van der Waals surface area (Å²) >= 11 is 0. The van der Waals surface area contributed by atoms with Crippen LogP contribution in [0.5, 0.6) is 5.88 Å². The Kier molecular flexibility index (Phi) is 3.91. The van der Waals surface area contributed by atoms with Crippen LogP contribution in [0.4, 0.5) is 0 Å². The van der Waals surface area contributed by atoms with Crippen LogP contribution in [0.15, 0.2) is 45.8 Å². The third kappa shape index (κ3) is 3.16. The second-order valence-electron chi connectivity index (χ2n) is 5.24. The minimum atomic E-state index is -0.468. The van der Waals surface area contributed by atoms with Crippen LogP contribution in [0, 0.1) is 6.92 Å². The number of ether oxygens (including phenoxy) is 1. The molecule has 0 N–H and O–H groups in total. The van der Waals surface area contributed by atoms with Gasteiger partial charge in [0, 0.05) is 30.8 Å². The largest absolute Gasteiger partial charge is 0.472 e. The number of rotatable bonds is 3. The van der Waals surface area contributed by atoms with E-state index in [1.807, 2.05) is 25.1 Å². The van der Waals surface area contributed by atoms with Gasteiger partial charge in [0.25, 0.3) is 5.91 Å². The highest BCUT2D eigenvalue weighted by molar-refractivity contribution is 5.93. The van der Waals surface area contributed by atoms with E-state index < -0.39 is 5.63 Å². The summed E-state index contributed by atoms with van der Waals surface area (Å²) < 4.78 is 10.5. The van der Waals surface area contributed by atoms with E-state index in [0.29, 0.717) is 24.5 Å². The molecule has 1 saturated heterocycles. The molecule has 1 atom stereocenters. The van der Waals surface area contributed by atoms with E-state index in [1.54, 1.807) is 4.90 Å². The Morgan fingerprint density at radius 2 is 2.23 bits per heavy atom. The Labute approximate surface area is 127 Å². The first-order valence-corrected chi connectivity index (χ1v) is 7.10. The van der Waals surface area contributed by atoms with Crippen molar-refractivity contribution in [3.05, 3.63) is 58.3 Å². The number of carbonyl (C=O) groups excluding carboxylic acids is 1. The van der Waals surface area contributed by atoms with Gasteiger partial charge in [-0.05, 0) is 19.1 Å².